The number of alkyl halides is 4. The number of hydrogen-bond acceptors (Lipinski definition) is 7. The maximum Gasteiger partial charge on any atom is 0.388 e. The Morgan fingerprint density at radius 2 is 2.05 bits per heavy atom. The standard InChI is InChI=1S/C19H16F4N6O2.C5H11NO2/c1-28-8-10(17(27-28)31-19(22)23)11-9-4-2-5-24-16(9)25-13(11)12-14(15(20)21)26-29-6-3-7-30-18(12)29;1-2-4(3-7)5(6)8/h2,4-5,8,15,19H,3,6-7H2,1H3,(H,24,25);4,7H,2-3H2,1H3,(H2,6,8). The molecule has 4 N–H and O–H groups in total. The van der Waals surface area contributed by atoms with Gasteiger partial charge < -0.3 is 25.3 Å². The molecular weight excluding hydrogens is 526 g/mol. The highest BCUT2D eigenvalue weighted by Gasteiger charge is 2.33. The molecule has 210 valence electrons. The van der Waals surface area contributed by atoms with Gasteiger partial charge in [0, 0.05) is 43.4 Å². The van der Waals surface area contributed by atoms with Crippen LogP contribution in [0, 0.1) is 5.92 Å². The number of H-pyrrole nitrogens is 1. The van der Waals surface area contributed by atoms with Crippen molar-refractivity contribution in [1.82, 2.24) is 29.5 Å². The molecule has 15 heteroatoms. The van der Waals surface area contributed by atoms with Crippen LogP contribution >= 0.6 is 0 Å². The van der Waals surface area contributed by atoms with Crippen molar-refractivity contribution in [2.45, 2.75) is 39.3 Å². The summed E-state index contributed by atoms with van der Waals surface area (Å²) >= 11 is 0. The molecule has 0 saturated heterocycles. The number of halogens is 4. The summed E-state index contributed by atoms with van der Waals surface area (Å²) in [7, 11) is 1.55. The lowest BCUT2D eigenvalue weighted by Crippen LogP contribution is -2.25. The van der Waals surface area contributed by atoms with Gasteiger partial charge in [0.1, 0.15) is 11.3 Å². The van der Waals surface area contributed by atoms with E-state index >= 15 is 0 Å². The third-order valence-corrected chi connectivity index (χ3v) is 6.09. The largest absolute Gasteiger partial charge is 0.477 e. The molecular formula is C24H27F4N7O4. The molecule has 4 aromatic heterocycles. The number of rotatable bonds is 8. The Balaban J connectivity index is 0.000000386. The van der Waals surface area contributed by atoms with E-state index in [1.165, 1.54) is 21.8 Å². The first-order valence-electron chi connectivity index (χ1n) is 12.0. The van der Waals surface area contributed by atoms with Crippen LogP contribution in [0.1, 0.15) is 31.9 Å². The summed E-state index contributed by atoms with van der Waals surface area (Å²) < 4.78 is 66.9. The van der Waals surface area contributed by atoms with Gasteiger partial charge in [0.15, 0.2) is 0 Å². The molecule has 0 aromatic carbocycles. The maximum atomic E-state index is 13.9. The summed E-state index contributed by atoms with van der Waals surface area (Å²) in [5.41, 5.74) is 5.61. The van der Waals surface area contributed by atoms with E-state index in [0.29, 0.717) is 42.6 Å². The third-order valence-electron chi connectivity index (χ3n) is 6.09. The van der Waals surface area contributed by atoms with Crippen molar-refractivity contribution in [3.05, 3.63) is 30.2 Å². The van der Waals surface area contributed by atoms with E-state index in [1.807, 2.05) is 6.92 Å². The highest BCUT2D eigenvalue weighted by Crippen LogP contribution is 2.47. The number of ether oxygens (including phenoxy) is 2. The van der Waals surface area contributed by atoms with Crippen LogP contribution in [0.3, 0.4) is 0 Å². The van der Waals surface area contributed by atoms with E-state index in [-0.39, 0.29) is 41.1 Å². The van der Waals surface area contributed by atoms with Crippen molar-refractivity contribution in [3.8, 4) is 34.1 Å². The number of nitrogens with one attached hydrogen (secondary N) is 1. The van der Waals surface area contributed by atoms with Gasteiger partial charge >= 0.3 is 6.61 Å². The summed E-state index contributed by atoms with van der Waals surface area (Å²) in [5, 5.41) is 16.9. The number of aryl methyl sites for hydroxylation is 2. The number of pyridine rings is 1. The fraction of sp³-hybridized carbons (Fsp3) is 0.417. The summed E-state index contributed by atoms with van der Waals surface area (Å²) in [6, 6.07) is 3.36. The number of carbonyl (C=O) groups excluding carboxylic acids is 1. The summed E-state index contributed by atoms with van der Waals surface area (Å²) in [6.45, 7) is -0.654. The van der Waals surface area contributed by atoms with Gasteiger partial charge in [-0.15, -0.1) is 5.10 Å². The zero-order valence-electron chi connectivity index (χ0n) is 21.1. The number of fused-ring (bicyclic) bond motifs is 2. The Kier molecular flexibility index (Phi) is 8.38. The van der Waals surface area contributed by atoms with Crippen LogP contribution < -0.4 is 15.2 Å². The van der Waals surface area contributed by atoms with Crippen LogP contribution in [0.4, 0.5) is 17.6 Å². The van der Waals surface area contributed by atoms with Gasteiger partial charge in [0.2, 0.25) is 17.7 Å². The highest BCUT2D eigenvalue weighted by atomic mass is 19.3. The van der Waals surface area contributed by atoms with Crippen LogP contribution in [-0.4, -0.2) is 60.4 Å². The SMILES string of the molecule is CCC(CO)C(N)=O.Cn1cc(-c2c(-c3c(C(F)F)nn4c3OCCC4)[nH]c3ncccc23)c(OC(F)F)n1. The molecule has 1 amide bonds. The van der Waals surface area contributed by atoms with Crippen LogP contribution in [-0.2, 0) is 18.4 Å². The molecule has 0 bridgehead atoms. The van der Waals surface area contributed by atoms with Gasteiger partial charge in [-0.25, -0.2) is 18.4 Å². The molecule has 39 heavy (non-hydrogen) atoms. The first kappa shape index (κ1) is 27.9. The van der Waals surface area contributed by atoms with Crippen molar-refractivity contribution < 1.29 is 36.9 Å². The van der Waals surface area contributed by atoms with Gasteiger partial charge in [-0.3, -0.25) is 9.48 Å². The molecule has 1 unspecified atom stereocenters. The number of hydrogen-bond donors (Lipinski definition) is 3. The van der Waals surface area contributed by atoms with Crippen molar-refractivity contribution in [2.75, 3.05) is 13.2 Å². The normalized spacial score (nSPS) is 13.7. The van der Waals surface area contributed by atoms with Gasteiger partial charge in [0.05, 0.1) is 36.0 Å². The molecule has 1 atom stereocenters. The average molecular weight is 554 g/mol. The topological polar surface area (TPSA) is 146 Å². The quantitative estimate of drug-likeness (QED) is 0.282. The molecule has 0 fully saturated rings. The first-order chi connectivity index (χ1) is 18.7. The van der Waals surface area contributed by atoms with Gasteiger partial charge in [-0.2, -0.15) is 13.9 Å². The van der Waals surface area contributed by atoms with E-state index in [0.717, 1.165) is 0 Å². The smallest absolute Gasteiger partial charge is 0.388 e. The summed E-state index contributed by atoms with van der Waals surface area (Å²) in [4.78, 5) is 17.5. The van der Waals surface area contributed by atoms with Crippen LogP contribution in [0.15, 0.2) is 24.5 Å². The van der Waals surface area contributed by atoms with Gasteiger partial charge in [0.25, 0.3) is 6.43 Å². The lowest BCUT2D eigenvalue weighted by Gasteiger charge is -2.16. The second-order valence-corrected chi connectivity index (χ2v) is 8.66. The van der Waals surface area contributed by atoms with Crippen LogP contribution in [0.5, 0.6) is 11.8 Å². The van der Waals surface area contributed by atoms with Crippen molar-refractivity contribution in [2.24, 2.45) is 18.7 Å². The minimum Gasteiger partial charge on any atom is -0.477 e. The second-order valence-electron chi connectivity index (χ2n) is 8.66. The lowest BCUT2D eigenvalue weighted by molar-refractivity contribution is -0.123. The zero-order chi connectivity index (χ0) is 28.3. The van der Waals surface area contributed by atoms with E-state index in [2.05, 4.69) is 24.9 Å². The second kappa shape index (κ2) is 11.7. The Bertz CT molecular complexity index is 1450. The minimum atomic E-state index is -3.11. The van der Waals surface area contributed by atoms with Crippen LogP contribution in [0.2, 0.25) is 0 Å². The number of primary amides is 1. The molecule has 4 aromatic rings. The molecule has 0 saturated carbocycles. The number of aromatic amines is 1. The number of aromatic nitrogens is 6. The number of aliphatic hydroxyl groups excluding tert-OH is 1. The predicted octanol–water partition coefficient (Wildman–Crippen LogP) is 3.64. The molecule has 0 spiro atoms. The number of nitrogens with zero attached hydrogens (tertiary/aromatic N) is 5. The van der Waals surface area contributed by atoms with E-state index < -0.39 is 24.6 Å². The monoisotopic (exact) mass is 553 g/mol. The van der Waals surface area contributed by atoms with Crippen molar-refractivity contribution in [3.63, 3.8) is 0 Å². The molecule has 1 aliphatic heterocycles. The Morgan fingerprint density at radius 3 is 2.67 bits per heavy atom. The first-order valence-corrected chi connectivity index (χ1v) is 12.0. The van der Waals surface area contributed by atoms with Gasteiger partial charge in [-0.1, -0.05) is 6.92 Å². The third kappa shape index (κ3) is 5.67. The molecule has 0 aliphatic carbocycles. The van der Waals surface area contributed by atoms with Gasteiger partial charge in [-0.05, 0) is 18.6 Å². The molecule has 0 radical (unpaired) electrons. The van der Waals surface area contributed by atoms with E-state index in [4.69, 9.17) is 15.6 Å². The minimum absolute atomic E-state index is 0.0644. The van der Waals surface area contributed by atoms with Crippen molar-refractivity contribution >= 4 is 16.9 Å². The molecule has 5 heterocycles. The highest BCUT2D eigenvalue weighted by molar-refractivity contribution is 6.04. The summed E-state index contributed by atoms with van der Waals surface area (Å²) in [6.07, 6.45) is 1.38. The van der Waals surface area contributed by atoms with E-state index in [1.54, 1.807) is 19.2 Å². The molecule has 5 rings (SSSR count). The lowest BCUT2D eigenvalue weighted by atomic mass is 10.0. The fourth-order valence-corrected chi connectivity index (χ4v) is 4.25. The number of aliphatic hydroxyl groups is 1. The zero-order valence-corrected chi connectivity index (χ0v) is 21.1. The number of amides is 1. The summed E-state index contributed by atoms with van der Waals surface area (Å²) in [5.74, 6) is -0.913. The average Bonchev–Trinajstić information content (AvgIpc) is 3.56. The van der Waals surface area contributed by atoms with Crippen molar-refractivity contribution in [1.29, 1.82) is 0 Å². The number of nitrogens with two attached hydrogens (primary N) is 1. The molecule has 1 aliphatic rings. The maximum absolute atomic E-state index is 13.9. The van der Waals surface area contributed by atoms with Crippen LogP contribution in [0.25, 0.3) is 33.4 Å². The predicted molar refractivity (Wildman–Crippen MR) is 131 cm³/mol. The Morgan fingerprint density at radius 1 is 1.28 bits per heavy atom. The molecule has 11 nitrogen and oxygen atoms in total. The Labute approximate surface area is 219 Å². The Hall–Kier alpha value is -4.14. The number of carbonyl (C=O) groups is 1. The fourth-order valence-electron chi connectivity index (χ4n) is 4.25. The van der Waals surface area contributed by atoms with E-state index in [9.17, 15) is 22.4 Å².